The van der Waals surface area contributed by atoms with E-state index in [9.17, 15) is 9.50 Å². The number of para-hydroxylation sites is 1. The van der Waals surface area contributed by atoms with Crippen molar-refractivity contribution in [3.63, 3.8) is 0 Å². The normalized spacial score (nSPS) is 12.0. The lowest BCUT2D eigenvalue weighted by Crippen LogP contribution is -2.08. The van der Waals surface area contributed by atoms with Gasteiger partial charge in [-0.05, 0) is 24.6 Å². The van der Waals surface area contributed by atoms with E-state index in [2.05, 4.69) is 0 Å². The third-order valence-electron chi connectivity index (χ3n) is 3.18. The second-order valence-corrected chi connectivity index (χ2v) is 4.64. The number of aliphatic hydroxyl groups is 1. The molecule has 1 unspecified atom stereocenters. The van der Waals surface area contributed by atoms with Crippen LogP contribution < -0.4 is 9.47 Å². The van der Waals surface area contributed by atoms with Crippen molar-refractivity contribution in [2.75, 3.05) is 13.7 Å². The van der Waals surface area contributed by atoms with Gasteiger partial charge in [0.05, 0.1) is 19.3 Å². The Hall–Kier alpha value is -2.07. The number of ether oxygens (including phenoxy) is 2. The molecule has 0 bridgehead atoms. The van der Waals surface area contributed by atoms with Gasteiger partial charge in [0.1, 0.15) is 23.4 Å². The van der Waals surface area contributed by atoms with Crippen molar-refractivity contribution in [3.05, 3.63) is 59.4 Å². The Morgan fingerprint density at radius 1 is 1.10 bits per heavy atom. The summed E-state index contributed by atoms with van der Waals surface area (Å²) in [5.74, 6) is 0.358. The maximum Gasteiger partial charge on any atom is 0.133 e. The molecular weight excluding hydrogens is 271 g/mol. The van der Waals surface area contributed by atoms with Crippen LogP contribution in [-0.2, 0) is 0 Å². The zero-order chi connectivity index (χ0) is 15.2. The van der Waals surface area contributed by atoms with Gasteiger partial charge in [-0.2, -0.15) is 0 Å². The monoisotopic (exact) mass is 290 g/mol. The molecule has 0 heterocycles. The molecule has 1 atom stereocenters. The Bertz CT molecular complexity index is 598. The van der Waals surface area contributed by atoms with E-state index in [-0.39, 0.29) is 5.56 Å². The molecule has 0 radical (unpaired) electrons. The highest BCUT2D eigenvalue weighted by Crippen LogP contribution is 2.36. The summed E-state index contributed by atoms with van der Waals surface area (Å²) in [7, 11) is 1.45. The van der Waals surface area contributed by atoms with Crippen LogP contribution in [0.1, 0.15) is 30.6 Å². The first kappa shape index (κ1) is 15.3. The fourth-order valence-electron chi connectivity index (χ4n) is 2.17. The SMILES string of the molecule is CCCOc1ccccc1C(O)c1c(F)cccc1OC. The highest BCUT2D eigenvalue weighted by Gasteiger charge is 2.22. The van der Waals surface area contributed by atoms with Gasteiger partial charge in [-0.25, -0.2) is 4.39 Å². The van der Waals surface area contributed by atoms with E-state index >= 15 is 0 Å². The number of aliphatic hydroxyl groups excluding tert-OH is 1. The molecule has 0 saturated carbocycles. The Kier molecular flexibility index (Phi) is 5.17. The van der Waals surface area contributed by atoms with Gasteiger partial charge in [0.2, 0.25) is 0 Å². The molecule has 0 aliphatic rings. The van der Waals surface area contributed by atoms with Crippen LogP contribution in [0.25, 0.3) is 0 Å². The van der Waals surface area contributed by atoms with Gasteiger partial charge in [0.25, 0.3) is 0 Å². The van der Waals surface area contributed by atoms with E-state index in [4.69, 9.17) is 9.47 Å². The van der Waals surface area contributed by atoms with E-state index in [0.29, 0.717) is 23.7 Å². The van der Waals surface area contributed by atoms with Gasteiger partial charge in [-0.15, -0.1) is 0 Å². The van der Waals surface area contributed by atoms with Crippen LogP contribution in [0.2, 0.25) is 0 Å². The van der Waals surface area contributed by atoms with Crippen LogP contribution in [0.4, 0.5) is 4.39 Å². The summed E-state index contributed by atoms with van der Waals surface area (Å²) in [4.78, 5) is 0. The first-order chi connectivity index (χ1) is 10.2. The molecule has 0 aliphatic carbocycles. The topological polar surface area (TPSA) is 38.7 Å². The maximum atomic E-state index is 14.1. The van der Waals surface area contributed by atoms with E-state index in [0.717, 1.165) is 6.42 Å². The number of methoxy groups -OCH3 is 1. The third-order valence-corrected chi connectivity index (χ3v) is 3.18. The van der Waals surface area contributed by atoms with Crippen LogP contribution in [0.15, 0.2) is 42.5 Å². The number of halogens is 1. The number of benzene rings is 2. The van der Waals surface area contributed by atoms with Crippen LogP contribution in [0, 0.1) is 5.82 Å². The average Bonchev–Trinajstić information content (AvgIpc) is 2.52. The molecule has 112 valence electrons. The van der Waals surface area contributed by atoms with Crippen molar-refractivity contribution in [2.24, 2.45) is 0 Å². The van der Waals surface area contributed by atoms with E-state index in [1.165, 1.54) is 13.2 Å². The summed E-state index contributed by atoms with van der Waals surface area (Å²) < 4.78 is 24.8. The molecule has 0 amide bonds. The first-order valence-corrected chi connectivity index (χ1v) is 6.91. The fourth-order valence-corrected chi connectivity index (χ4v) is 2.17. The predicted molar refractivity (Wildman–Crippen MR) is 79.2 cm³/mol. The second-order valence-electron chi connectivity index (χ2n) is 4.64. The molecular formula is C17H19FO3. The average molecular weight is 290 g/mol. The van der Waals surface area contributed by atoms with Crippen molar-refractivity contribution < 1.29 is 19.0 Å². The molecule has 0 aromatic heterocycles. The maximum absolute atomic E-state index is 14.1. The van der Waals surface area contributed by atoms with E-state index in [1.807, 2.05) is 13.0 Å². The van der Waals surface area contributed by atoms with Crippen molar-refractivity contribution in [3.8, 4) is 11.5 Å². The summed E-state index contributed by atoms with van der Waals surface area (Å²) in [6, 6.07) is 11.6. The quantitative estimate of drug-likeness (QED) is 0.881. The van der Waals surface area contributed by atoms with Gasteiger partial charge in [-0.3, -0.25) is 0 Å². The predicted octanol–water partition coefficient (Wildman–Crippen LogP) is 3.70. The van der Waals surface area contributed by atoms with Gasteiger partial charge < -0.3 is 14.6 Å². The summed E-state index contributed by atoms with van der Waals surface area (Å²) in [6.07, 6.45) is -0.290. The van der Waals surface area contributed by atoms with Gasteiger partial charge >= 0.3 is 0 Å². The molecule has 3 nitrogen and oxygen atoms in total. The summed E-state index contributed by atoms with van der Waals surface area (Å²) in [6.45, 7) is 2.54. The van der Waals surface area contributed by atoms with Crippen LogP contribution in [-0.4, -0.2) is 18.8 Å². The molecule has 2 aromatic rings. The van der Waals surface area contributed by atoms with Crippen LogP contribution >= 0.6 is 0 Å². The molecule has 0 spiro atoms. The number of hydrogen-bond acceptors (Lipinski definition) is 3. The minimum Gasteiger partial charge on any atom is -0.496 e. The van der Waals surface area contributed by atoms with Gasteiger partial charge in [0.15, 0.2) is 0 Å². The van der Waals surface area contributed by atoms with Crippen molar-refractivity contribution in [1.82, 2.24) is 0 Å². The highest BCUT2D eigenvalue weighted by molar-refractivity contribution is 5.45. The summed E-state index contributed by atoms with van der Waals surface area (Å²) >= 11 is 0. The van der Waals surface area contributed by atoms with E-state index < -0.39 is 11.9 Å². The van der Waals surface area contributed by atoms with Crippen molar-refractivity contribution in [2.45, 2.75) is 19.4 Å². The first-order valence-electron chi connectivity index (χ1n) is 6.91. The molecule has 0 saturated heterocycles. The molecule has 4 heteroatoms. The van der Waals surface area contributed by atoms with Crippen LogP contribution in [0.5, 0.6) is 11.5 Å². The Balaban J connectivity index is 2.43. The van der Waals surface area contributed by atoms with Crippen LogP contribution in [0.3, 0.4) is 0 Å². The lowest BCUT2D eigenvalue weighted by atomic mass is 9.99. The van der Waals surface area contributed by atoms with Crippen molar-refractivity contribution in [1.29, 1.82) is 0 Å². The Morgan fingerprint density at radius 3 is 2.52 bits per heavy atom. The minimum absolute atomic E-state index is 0.118. The summed E-state index contributed by atoms with van der Waals surface area (Å²) in [5, 5.41) is 10.6. The largest absolute Gasteiger partial charge is 0.496 e. The van der Waals surface area contributed by atoms with Crippen molar-refractivity contribution >= 4 is 0 Å². The second kappa shape index (κ2) is 7.09. The zero-order valence-electron chi connectivity index (χ0n) is 12.2. The third kappa shape index (κ3) is 3.34. The molecule has 2 rings (SSSR count). The zero-order valence-corrected chi connectivity index (χ0v) is 12.2. The lowest BCUT2D eigenvalue weighted by molar-refractivity contribution is 0.200. The highest BCUT2D eigenvalue weighted by atomic mass is 19.1. The Morgan fingerprint density at radius 2 is 1.81 bits per heavy atom. The molecule has 0 fully saturated rings. The standard InChI is InChI=1S/C17H19FO3/c1-3-11-21-14-9-5-4-7-12(14)17(19)16-13(18)8-6-10-15(16)20-2/h4-10,17,19H,3,11H2,1-2H3. The number of rotatable bonds is 6. The Labute approximate surface area is 124 Å². The molecule has 0 aliphatic heterocycles. The molecule has 1 N–H and O–H groups in total. The fraction of sp³-hybridized carbons (Fsp3) is 0.294. The van der Waals surface area contributed by atoms with E-state index in [1.54, 1.807) is 30.3 Å². The number of hydrogen-bond donors (Lipinski definition) is 1. The summed E-state index contributed by atoms with van der Waals surface area (Å²) in [5.41, 5.74) is 0.641. The molecule has 21 heavy (non-hydrogen) atoms. The minimum atomic E-state index is -1.14. The lowest BCUT2D eigenvalue weighted by Gasteiger charge is -2.19. The van der Waals surface area contributed by atoms with Gasteiger partial charge in [0, 0.05) is 5.56 Å². The molecule has 2 aromatic carbocycles. The van der Waals surface area contributed by atoms with Gasteiger partial charge in [-0.1, -0.05) is 31.2 Å². The smallest absolute Gasteiger partial charge is 0.133 e.